The molecular weight excluding hydrogens is 198 g/mol. The number of aryl methyl sites for hydroxylation is 1. The maximum atomic E-state index is 5.80. The van der Waals surface area contributed by atoms with Crippen molar-refractivity contribution in [3.8, 4) is 0 Å². The van der Waals surface area contributed by atoms with Crippen LogP contribution in [-0.2, 0) is 0 Å². The summed E-state index contributed by atoms with van der Waals surface area (Å²) in [6.07, 6.45) is 0. The monoisotopic (exact) mass is 221 g/mol. The van der Waals surface area contributed by atoms with Crippen LogP contribution in [0.1, 0.15) is 17.2 Å². The molecule has 0 saturated heterocycles. The second-order valence-electron chi connectivity index (χ2n) is 4.46. The number of hydrogen-bond acceptors (Lipinski definition) is 3. The Balaban J connectivity index is 2.53. The molecule has 0 amide bonds. The Morgan fingerprint density at radius 2 is 2.12 bits per heavy atom. The Morgan fingerprint density at radius 1 is 1.38 bits per heavy atom. The fourth-order valence-corrected chi connectivity index (χ4v) is 1.69. The summed E-state index contributed by atoms with van der Waals surface area (Å²) in [6, 6.07) is 8.78. The molecule has 1 aromatic carbocycles. The minimum absolute atomic E-state index is 0.264. The highest BCUT2D eigenvalue weighted by Crippen LogP contribution is 2.12. The van der Waals surface area contributed by atoms with E-state index in [0.717, 1.165) is 13.1 Å². The highest BCUT2D eigenvalue weighted by molar-refractivity contribution is 5.25. The molecule has 0 bridgehead atoms. The quantitative estimate of drug-likeness (QED) is 0.757. The zero-order chi connectivity index (χ0) is 12.0. The van der Waals surface area contributed by atoms with Gasteiger partial charge in [-0.1, -0.05) is 29.8 Å². The maximum Gasteiger partial charge on any atom is 0.0445 e. The molecule has 0 aliphatic rings. The van der Waals surface area contributed by atoms with E-state index in [0.29, 0.717) is 6.54 Å². The second-order valence-corrected chi connectivity index (χ2v) is 4.46. The predicted molar refractivity (Wildman–Crippen MR) is 69.5 cm³/mol. The van der Waals surface area contributed by atoms with Gasteiger partial charge in [0, 0.05) is 25.7 Å². The van der Waals surface area contributed by atoms with Crippen molar-refractivity contribution in [3.63, 3.8) is 0 Å². The molecule has 1 aromatic rings. The van der Waals surface area contributed by atoms with E-state index in [1.54, 1.807) is 0 Å². The van der Waals surface area contributed by atoms with E-state index in [1.165, 1.54) is 11.1 Å². The molecule has 90 valence electrons. The molecule has 0 aromatic heterocycles. The molecule has 0 heterocycles. The standard InChI is InChI=1S/C13H23N3/c1-11-5-4-6-12(9-11)13(10-14)15-7-8-16(2)3/h4-6,9,13,15H,7-8,10,14H2,1-3H3. The number of hydrogen-bond donors (Lipinski definition) is 2. The third kappa shape index (κ3) is 4.31. The first-order chi connectivity index (χ1) is 7.63. The number of nitrogens with zero attached hydrogens (tertiary/aromatic N) is 1. The van der Waals surface area contributed by atoms with Crippen LogP contribution in [0.25, 0.3) is 0 Å². The summed E-state index contributed by atoms with van der Waals surface area (Å²) in [5.74, 6) is 0. The van der Waals surface area contributed by atoms with Gasteiger partial charge in [0.25, 0.3) is 0 Å². The van der Waals surface area contributed by atoms with Crippen molar-refractivity contribution in [1.29, 1.82) is 0 Å². The molecule has 1 unspecified atom stereocenters. The van der Waals surface area contributed by atoms with Crippen LogP contribution in [0.3, 0.4) is 0 Å². The molecule has 0 saturated carbocycles. The van der Waals surface area contributed by atoms with Gasteiger partial charge in [-0.05, 0) is 26.6 Å². The lowest BCUT2D eigenvalue weighted by Gasteiger charge is -2.19. The summed E-state index contributed by atoms with van der Waals surface area (Å²) < 4.78 is 0. The van der Waals surface area contributed by atoms with Gasteiger partial charge in [0.15, 0.2) is 0 Å². The Labute approximate surface area is 98.6 Å². The van der Waals surface area contributed by atoms with E-state index in [-0.39, 0.29) is 6.04 Å². The van der Waals surface area contributed by atoms with Crippen molar-refractivity contribution in [3.05, 3.63) is 35.4 Å². The van der Waals surface area contributed by atoms with Crippen LogP contribution in [0.4, 0.5) is 0 Å². The van der Waals surface area contributed by atoms with Gasteiger partial charge in [-0.15, -0.1) is 0 Å². The van der Waals surface area contributed by atoms with Crippen molar-refractivity contribution in [1.82, 2.24) is 10.2 Å². The zero-order valence-corrected chi connectivity index (χ0v) is 10.5. The molecule has 16 heavy (non-hydrogen) atoms. The maximum absolute atomic E-state index is 5.80. The van der Waals surface area contributed by atoms with Crippen LogP contribution in [0.5, 0.6) is 0 Å². The van der Waals surface area contributed by atoms with Gasteiger partial charge in [-0.3, -0.25) is 0 Å². The van der Waals surface area contributed by atoms with Crippen LogP contribution >= 0.6 is 0 Å². The van der Waals surface area contributed by atoms with E-state index in [2.05, 4.69) is 55.5 Å². The lowest BCUT2D eigenvalue weighted by atomic mass is 10.0. The van der Waals surface area contributed by atoms with Gasteiger partial charge in [-0.2, -0.15) is 0 Å². The average molecular weight is 221 g/mol. The van der Waals surface area contributed by atoms with Crippen molar-refractivity contribution >= 4 is 0 Å². The molecule has 0 radical (unpaired) electrons. The van der Waals surface area contributed by atoms with E-state index < -0.39 is 0 Å². The zero-order valence-electron chi connectivity index (χ0n) is 10.5. The van der Waals surface area contributed by atoms with Crippen LogP contribution in [0, 0.1) is 6.92 Å². The number of nitrogens with one attached hydrogen (secondary N) is 1. The van der Waals surface area contributed by atoms with Gasteiger partial charge in [0.05, 0.1) is 0 Å². The minimum Gasteiger partial charge on any atom is -0.329 e. The van der Waals surface area contributed by atoms with Crippen molar-refractivity contribution < 1.29 is 0 Å². The first-order valence-corrected chi connectivity index (χ1v) is 5.78. The van der Waals surface area contributed by atoms with Crippen LogP contribution in [0.15, 0.2) is 24.3 Å². The topological polar surface area (TPSA) is 41.3 Å². The molecule has 0 aliphatic carbocycles. The Morgan fingerprint density at radius 3 is 2.69 bits per heavy atom. The first-order valence-electron chi connectivity index (χ1n) is 5.78. The summed E-state index contributed by atoms with van der Waals surface area (Å²) in [7, 11) is 4.15. The normalized spacial score (nSPS) is 13.1. The largest absolute Gasteiger partial charge is 0.329 e. The van der Waals surface area contributed by atoms with Gasteiger partial charge in [0.2, 0.25) is 0 Å². The molecule has 0 aliphatic heterocycles. The van der Waals surface area contributed by atoms with Crippen LogP contribution in [-0.4, -0.2) is 38.6 Å². The number of benzene rings is 1. The lowest BCUT2D eigenvalue weighted by molar-refractivity contribution is 0.385. The van der Waals surface area contributed by atoms with E-state index in [4.69, 9.17) is 5.73 Å². The summed E-state index contributed by atoms with van der Waals surface area (Å²) in [6.45, 7) is 4.74. The van der Waals surface area contributed by atoms with Crippen LogP contribution < -0.4 is 11.1 Å². The lowest BCUT2D eigenvalue weighted by Crippen LogP contribution is -2.33. The minimum atomic E-state index is 0.264. The third-order valence-corrected chi connectivity index (χ3v) is 2.63. The summed E-state index contributed by atoms with van der Waals surface area (Å²) in [4.78, 5) is 2.16. The van der Waals surface area contributed by atoms with Crippen LogP contribution in [0.2, 0.25) is 0 Å². The van der Waals surface area contributed by atoms with Crippen molar-refractivity contribution in [2.45, 2.75) is 13.0 Å². The van der Waals surface area contributed by atoms with E-state index in [9.17, 15) is 0 Å². The molecule has 3 nitrogen and oxygen atoms in total. The van der Waals surface area contributed by atoms with Crippen molar-refractivity contribution in [2.75, 3.05) is 33.7 Å². The predicted octanol–water partition coefficient (Wildman–Crippen LogP) is 1.15. The molecular formula is C13H23N3. The molecule has 1 rings (SSSR count). The highest BCUT2D eigenvalue weighted by Gasteiger charge is 2.08. The van der Waals surface area contributed by atoms with Gasteiger partial charge >= 0.3 is 0 Å². The smallest absolute Gasteiger partial charge is 0.0445 e. The molecule has 0 fully saturated rings. The summed E-state index contributed by atoms with van der Waals surface area (Å²) >= 11 is 0. The van der Waals surface area contributed by atoms with E-state index in [1.807, 2.05) is 0 Å². The number of nitrogens with two attached hydrogens (primary N) is 1. The van der Waals surface area contributed by atoms with Gasteiger partial charge < -0.3 is 16.0 Å². The van der Waals surface area contributed by atoms with Gasteiger partial charge in [0.1, 0.15) is 0 Å². The molecule has 3 N–H and O–H groups in total. The highest BCUT2D eigenvalue weighted by atomic mass is 15.1. The van der Waals surface area contributed by atoms with E-state index >= 15 is 0 Å². The average Bonchev–Trinajstić information content (AvgIpc) is 2.24. The SMILES string of the molecule is Cc1cccc(C(CN)NCCN(C)C)c1. The second kappa shape index (κ2) is 6.63. The summed E-state index contributed by atoms with van der Waals surface area (Å²) in [5, 5.41) is 3.48. The number of rotatable bonds is 6. The first kappa shape index (κ1) is 13.2. The molecule has 1 atom stereocenters. The fourth-order valence-electron chi connectivity index (χ4n) is 1.69. The third-order valence-electron chi connectivity index (χ3n) is 2.63. The summed E-state index contributed by atoms with van der Waals surface area (Å²) in [5.41, 5.74) is 8.36. The molecule has 0 spiro atoms. The Hall–Kier alpha value is -0.900. The fraction of sp³-hybridized carbons (Fsp3) is 0.538. The number of likely N-dealkylation sites (N-methyl/N-ethyl adjacent to an activating group) is 1. The Kier molecular flexibility index (Phi) is 5.46. The molecule has 3 heteroatoms. The van der Waals surface area contributed by atoms with Crippen molar-refractivity contribution in [2.24, 2.45) is 5.73 Å². The Bertz CT molecular complexity index is 310. The van der Waals surface area contributed by atoms with Gasteiger partial charge in [-0.25, -0.2) is 0 Å².